The van der Waals surface area contributed by atoms with Gasteiger partial charge >= 0.3 is 5.97 Å². The molecule has 5 heteroatoms. The summed E-state index contributed by atoms with van der Waals surface area (Å²) in [5.74, 6) is -0.115. The van der Waals surface area contributed by atoms with Crippen molar-refractivity contribution in [2.24, 2.45) is 0 Å². The van der Waals surface area contributed by atoms with E-state index in [-0.39, 0.29) is 17.6 Å². The van der Waals surface area contributed by atoms with E-state index in [4.69, 9.17) is 9.15 Å². The van der Waals surface area contributed by atoms with Gasteiger partial charge in [-0.2, -0.15) is 0 Å². The van der Waals surface area contributed by atoms with E-state index in [2.05, 4.69) is 17.4 Å². The lowest BCUT2D eigenvalue weighted by molar-refractivity contribution is -0.133. The van der Waals surface area contributed by atoms with Gasteiger partial charge in [0.15, 0.2) is 5.76 Å². The van der Waals surface area contributed by atoms with Gasteiger partial charge in [-0.25, -0.2) is 0 Å². The van der Waals surface area contributed by atoms with E-state index in [0.29, 0.717) is 11.6 Å². The summed E-state index contributed by atoms with van der Waals surface area (Å²) in [4.78, 5) is 23.0. The van der Waals surface area contributed by atoms with Crippen molar-refractivity contribution < 1.29 is 18.7 Å². The summed E-state index contributed by atoms with van der Waals surface area (Å²) in [5.41, 5.74) is 2.05. The molecular weight excluding hydrogens is 306 g/mol. The Morgan fingerprint density at radius 2 is 1.75 bits per heavy atom. The largest absolute Gasteiger partial charge is 0.420 e. The van der Waals surface area contributed by atoms with Crippen molar-refractivity contribution in [1.29, 1.82) is 0 Å². The van der Waals surface area contributed by atoms with Crippen LogP contribution in [0.3, 0.4) is 0 Å². The fourth-order valence-electron chi connectivity index (χ4n) is 3.11. The number of furan rings is 1. The fourth-order valence-corrected chi connectivity index (χ4v) is 3.11. The predicted molar refractivity (Wildman–Crippen MR) is 90.2 cm³/mol. The number of amides is 1. The van der Waals surface area contributed by atoms with Gasteiger partial charge in [-0.3, -0.25) is 9.59 Å². The van der Waals surface area contributed by atoms with Crippen LogP contribution < -0.4 is 10.1 Å². The van der Waals surface area contributed by atoms with Crippen LogP contribution >= 0.6 is 0 Å². The SMILES string of the molecule is CC(=O)Oc1ccc(C(=O)Nc2ccc(C3CCCCC3)cc2)o1. The summed E-state index contributed by atoms with van der Waals surface area (Å²) in [5, 5.41) is 2.78. The van der Waals surface area contributed by atoms with E-state index < -0.39 is 5.97 Å². The topological polar surface area (TPSA) is 68.5 Å². The summed E-state index contributed by atoms with van der Waals surface area (Å²) in [6, 6.07) is 10.9. The molecule has 0 spiro atoms. The maximum atomic E-state index is 12.2. The molecule has 1 aromatic heterocycles. The van der Waals surface area contributed by atoms with Gasteiger partial charge < -0.3 is 14.5 Å². The van der Waals surface area contributed by atoms with Crippen molar-refractivity contribution in [3.8, 4) is 5.95 Å². The minimum Gasteiger partial charge on any atom is -0.420 e. The third-order valence-corrected chi connectivity index (χ3v) is 4.29. The number of hydrogen-bond acceptors (Lipinski definition) is 4. The van der Waals surface area contributed by atoms with Crippen molar-refractivity contribution in [2.75, 3.05) is 5.32 Å². The molecule has 0 aliphatic heterocycles. The lowest BCUT2D eigenvalue weighted by atomic mass is 9.84. The van der Waals surface area contributed by atoms with Gasteiger partial charge in [0.1, 0.15) is 0 Å². The second-order valence-electron chi connectivity index (χ2n) is 6.12. The number of anilines is 1. The highest BCUT2D eigenvalue weighted by atomic mass is 16.6. The monoisotopic (exact) mass is 327 g/mol. The molecule has 2 aromatic rings. The van der Waals surface area contributed by atoms with Crippen LogP contribution in [0.5, 0.6) is 5.95 Å². The molecule has 0 atom stereocenters. The first-order valence-electron chi connectivity index (χ1n) is 8.31. The van der Waals surface area contributed by atoms with Crippen LogP contribution in [-0.2, 0) is 4.79 Å². The highest BCUT2D eigenvalue weighted by molar-refractivity contribution is 6.02. The van der Waals surface area contributed by atoms with E-state index in [0.717, 1.165) is 0 Å². The Morgan fingerprint density at radius 1 is 1.04 bits per heavy atom. The van der Waals surface area contributed by atoms with E-state index in [1.807, 2.05) is 12.1 Å². The highest BCUT2D eigenvalue weighted by Crippen LogP contribution is 2.33. The summed E-state index contributed by atoms with van der Waals surface area (Å²) in [7, 11) is 0. The van der Waals surface area contributed by atoms with Gasteiger partial charge in [-0.05, 0) is 42.5 Å². The first kappa shape index (κ1) is 16.3. The van der Waals surface area contributed by atoms with Crippen LogP contribution in [0.2, 0.25) is 0 Å². The normalized spacial score (nSPS) is 15.0. The Balaban J connectivity index is 1.61. The zero-order valence-corrected chi connectivity index (χ0v) is 13.7. The van der Waals surface area contributed by atoms with Crippen molar-refractivity contribution >= 4 is 17.6 Å². The molecular formula is C19H21NO4. The van der Waals surface area contributed by atoms with E-state index in [1.165, 1.54) is 56.7 Å². The summed E-state index contributed by atoms with van der Waals surface area (Å²) in [6.07, 6.45) is 6.43. The lowest BCUT2D eigenvalue weighted by Gasteiger charge is -2.22. The van der Waals surface area contributed by atoms with Crippen LogP contribution in [-0.4, -0.2) is 11.9 Å². The van der Waals surface area contributed by atoms with Crippen LogP contribution in [0.15, 0.2) is 40.8 Å². The smallest absolute Gasteiger partial charge is 0.310 e. The standard InChI is InChI=1S/C19H21NO4/c1-13(21)23-18-12-11-17(24-18)19(22)20-16-9-7-15(8-10-16)14-5-3-2-4-6-14/h7-12,14H,2-6H2,1H3,(H,20,22). The van der Waals surface area contributed by atoms with Gasteiger partial charge in [0.2, 0.25) is 0 Å². The van der Waals surface area contributed by atoms with Gasteiger partial charge in [-0.1, -0.05) is 31.4 Å². The Labute approximate surface area is 141 Å². The van der Waals surface area contributed by atoms with Crippen molar-refractivity contribution in [1.82, 2.24) is 0 Å². The second-order valence-corrected chi connectivity index (χ2v) is 6.12. The highest BCUT2D eigenvalue weighted by Gasteiger charge is 2.16. The molecule has 0 saturated heterocycles. The van der Waals surface area contributed by atoms with Crippen LogP contribution in [0.4, 0.5) is 5.69 Å². The molecule has 5 nitrogen and oxygen atoms in total. The van der Waals surface area contributed by atoms with Gasteiger partial charge in [0.25, 0.3) is 11.9 Å². The van der Waals surface area contributed by atoms with Gasteiger partial charge in [0, 0.05) is 18.7 Å². The second kappa shape index (κ2) is 7.34. The first-order chi connectivity index (χ1) is 11.6. The van der Waals surface area contributed by atoms with Crippen LogP contribution in [0.1, 0.15) is 61.1 Å². The molecule has 1 heterocycles. The zero-order chi connectivity index (χ0) is 16.9. The first-order valence-corrected chi connectivity index (χ1v) is 8.31. The molecule has 1 amide bonds. The number of rotatable bonds is 4. The quantitative estimate of drug-likeness (QED) is 0.839. The van der Waals surface area contributed by atoms with Gasteiger partial charge in [-0.15, -0.1) is 0 Å². The van der Waals surface area contributed by atoms with Crippen LogP contribution in [0.25, 0.3) is 0 Å². The molecule has 1 aliphatic rings. The number of hydrogen-bond donors (Lipinski definition) is 1. The average Bonchev–Trinajstić information content (AvgIpc) is 3.04. The molecule has 1 N–H and O–H groups in total. The number of carbonyl (C=O) groups is 2. The predicted octanol–water partition coefficient (Wildman–Crippen LogP) is 4.50. The Bertz CT molecular complexity index is 711. The number of carbonyl (C=O) groups excluding carboxylic acids is 2. The molecule has 3 rings (SSSR count). The Morgan fingerprint density at radius 3 is 2.42 bits per heavy atom. The minimum atomic E-state index is -0.491. The van der Waals surface area contributed by atoms with E-state index in [1.54, 1.807) is 0 Å². The summed E-state index contributed by atoms with van der Waals surface area (Å²) < 4.78 is 9.98. The van der Waals surface area contributed by atoms with E-state index >= 15 is 0 Å². The number of esters is 1. The molecule has 0 bridgehead atoms. The molecule has 24 heavy (non-hydrogen) atoms. The summed E-state index contributed by atoms with van der Waals surface area (Å²) in [6.45, 7) is 1.27. The Kier molecular flexibility index (Phi) is 4.99. The molecule has 126 valence electrons. The maximum Gasteiger partial charge on any atom is 0.310 e. The fraction of sp³-hybridized carbons (Fsp3) is 0.368. The van der Waals surface area contributed by atoms with Gasteiger partial charge in [0.05, 0.1) is 0 Å². The summed E-state index contributed by atoms with van der Waals surface area (Å²) >= 11 is 0. The molecule has 1 aromatic carbocycles. The number of ether oxygens (including phenoxy) is 1. The molecule has 0 radical (unpaired) electrons. The third-order valence-electron chi connectivity index (χ3n) is 4.29. The van der Waals surface area contributed by atoms with Crippen LogP contribution in [0, 0.1) is 0 Å². The maximum absolute atomic E-state index is 12.2. The molecule has 1 saturated carbocycles. The average molecular weight is 327 g/mol. The minimum absolute atomic E-state index is 0.0142. The zero-order valence-electron chi connectivity index (χ0n) is 13.7. The number of nitrogens with one attached hydrogen (secondary N) is 1. The molecule has 1 aliphatic carbocycles. The lowest BCUT2D eigenvalue weighted by Crippen LogP contribution is -2.11. The number of benzene rings is 1. The van der Waals surface area contributed by atoms with Crippen molar-refractivity contribution in [3.63, 3.8) is 0 Å². The molecule has 1 fully saturated rings. The van der Waals surface area contributed by atoms with Crippen molar-refractivity contribution in [2.45, 2.75) is 44.9 Å². The molecule has 0 unspecified atom stereocenters. The van der Waals surface area contributed by atoms with E-state index in [9.17, 15) is 9.59 Å². The Hall–Kier alpha value is -2.56. The third kappa shape index (κ3) is 4.04. The van der Waals surface area contributed by atoms with Crippen molar-refractivity contribution in [3.05, 3.63) is 47.7 Å².